The van der Waals surface area contributed by atoms with Crippen LogP contribution >= 0.6 is 15.9 Å². The highest BCUT2D eigenvalue weighted by Crippen LogP contribution is 2.31. The average Bonchev–Trinajstić information content (AvgIpc) is 2.25. The third-order valence-corrected chi connectivity index (χ3v) is 5.60. The zero-order valence-electron chi connectivity index (χ0n) is 10.00. The number of aliphatic hydroxyl groups is 1. The van der Waals surface area contributed by atoms with E-state index in [1.165, 1.54) is 18.2 Å². The Hall–Kier alpha value is -0.960. The summed E-state index contributed by atoms with van der Waals surface area (Å²) < 4.78 is 25.8. The molecule has 0 saturated carbocycles. The van der Waals surface area contributed by atoms with Crippen molar-refractivity contribution in [3.05, 3.63) is 28.2 Å². The van der Waals surface area contributed by atoms with Gasteiger partial charge in [-0.1, -0.05) is 0 Å². The largest absolute Gasteiger partial charge is 0.478 e. The van der Waals surface area contributed by atoms with Gasteiger partial charge in [-0.25, -0.2) is 13.2 Å². The highest BCUT2D eigenvalue weighted by molar-refractivity contribution is 9.10. The van der Waals surface area contributed by atoms with Crippen molar-refractivity contribution in [1.82, 2.24) is 4.31 Å². The Balaban J connectivity index is 2.35. The number of carboxylic acid groups (broad SMARTS) is 1. The zero-order valence-corrected chi connectivity index (χ0v) is 12.4. The normalized spacial score (nSPS) is 18.9. The minimum Gasteiger partial charge on any atom is -0.478 e. The Morgan fingerprint density at radius 1 is 1.42 bits per heavy atom. The second-order valence-corrected chi connectivity index (χ2v) is 7.48. The third kappa shape index (κ3) is 2.66. The number of halogens is 1. The molecule has 1 heterocycles. The van der Waals surface area contributed by atoms with Crippen molar-refractivity contribution in [3.63, 3.8) is 0 Å². The highest BCUT2D eigenvalue weighted by Gasteiger charge is 2.44. The topological polar surface area (TPSA) is 94.9 Å². The van der Waals surface area contributed by atoms with E-state index < -0.39 is 21.6 Å². The number of nitrogens with zero attached hydrogens (tertiary/aromatic N) is 1. The quantitative estimate of drug-likeness (QED) is 0.845. The molecule has 19 heavy (non-hydrogen) atoms. The smallest absolute Gasteiger partial charge is 0.335 e. The summed E-state index contributed by atoms with van der Waals surface area (Å²) >= 11 is 3.07. The molecule has 0 aliphatic carbocycles. The first-order valence-corrected chi connectivity index (χ1v) is 7.62. The van der Waals surface area contributed by atoms with Gasteiger partial charge in [0.05, 0.1) is 16.1 Å². The Kier molecular flexibility index (Phi) is 3.46. The molecule has 0 bridgehead atoms. The lowest BCUT2D eigenvalue weighted by molar-refractivity contribution is -0.0426. The molecule has 2 rings (SSSR count). The number of hydrogen-bond donors (Lipinski definition) is 2. The highest BCUT2D eigenvalue weighted by atomic mass is 79.9. The van der Waals surface area contributed by atoms with Crippen molar-refractivity contribution in [2.24, 2.45) is 0 Å². The first-order chi connectivity index (χ1) is 8.63. The molecule has 1 aromatic carbocycles. The summed E-state index contributed by atoms with van der Waals surface area (Å²) in [6.07, 6.45) is 0. The summed E-state index contributed by atoms with van der Waals surface area (Å²) in [5, 5.41) is 18.4. The Bertz CT molecular complexity index is 632. The molecule has 6 nitrogen and oxygen atoms in total. The van der Waals surface area contributed by atoms with Crippen LogP contribution in [0, 0.1) is 0 Å². The van der Waals surface area contributed by atoms with Crippen molar-refractivity contribution in [2.45, 2.75) is 17.4 Å². The van der Waals surface area contributed by atoms with Crippen LogP contribution in [0.25, 0.3) is 0 Å². The van der Waals surface area contributed by atoms with Gasteiger partial charge in [-0.3, -0.25) is 0 Å². The number of carbonyl (C=O) groups is 1. The molecule has 0 spiro atoms. The van der Waals surface area contributed by atoms with Crippen molar-refractivity contribution < 1.29 is 23.4 Å². The van der Waals surface area contributed by atoms with Crippen LogP contribution in [0.1, 0.15) is 17.3 Å². The van der Waals surface area contributed by atoms with Crippen LogP contribution < -0.4 is 0 Å². The standard InChI is InChI=1S/C11H12BrNO5S/c1-11(16)5-13(6-11)19(17,18)9-3-2-7(10(14)15)4-8(9)12/h2-4,16H,5-6H2,1H3,(H,14,15). The SMILES string of the molecule is CC1(O)CN(S(=O)(=O)c2ccc(C(=O)O)cc2Br)C1. The fourth-order valence-electron chi connectivity index (χ4n) is 1.87. The van der Waals surface area contributed by atoms with E-state index in [2.05, 4.69) is 15.9 Å². The van der Waals surface area contributed by atoms with Crippen LogP contribution in [-0.2, 0) is 10.0 Å². The summed E-state index contributed by atoms with van der Waals surface area (Å²) in [7, 11) is -3.71. The number of sulfonamides is 1. The lowest BCUT2D eigenvalue weighted by atomic mass is 10.0. The Labute approximate surface area is 118 Å². The molecular formula is C11H12BrNO5S. The molecule has 1 aliphatic heterocycles. The minimum atomic E-state index is -3.71. The van der Waals surface area contributed by atoms with Gasteiger partial charge < -0.3 is 10.2 Å². The fourth-order valence-corrected chi connectivity index (χ4v) is 4.58. The average molecular weight is 350 g/mol. The maximum atomic E-state index is 12.2. The van der Waals surface area contributed by atoms with E-state index in [-0.39, 0.29) is 28.0 Å². The van der Waals surface area contributed by atoms with Crippen LogP contribution in [0.4, 0.5) is 0 Å². The van der Waals surface area contributed by atoms with E-state index in [0.29, 0.717) is 0 Å². The molecule has 0 unspecified atom stereocenters. The molecule has 0 aromatic heterocycles. The van der Waals surface area contributed by atoms with Crippen LogP contribution in [0.2, 0.25) is 0 Å². The van der Waals surface area contributed by atoms with Gasteiger partial charge in [0.2, 0.25) is 10.0 Å². The lowest BCUT2D eigenvalue weighted by Crippen LogP contribution is -2.61. The molecular weight excluding hydrogens is 338 g/mol. The van der Waals surface area contributed by atoms with Crippen molar-refractivity contribution >= 4 is 31.9 Å². The monoisotopic (exact) mass is 349 g/mol. The minimum absolute atomic E-state index is 0.00132. The first-order valence-electron chi connectivity index (χ1n) is 5.39. The molecule has 8 heteroatoms. The van der Waals surface area contributed by atoms with E-state index >= 15 is 0 Å². The van der Waals surface area contributed by atoms with Gasteiger partial charge in [0, 0.05) is 17.6 Å². The van der Waals surface area contributed by atoms with Crippen LogP contribution in [0.3, 0.4) is 0 Å². The molecule has 1 aromatic rings. The van der Waals surface area contributed by atoms with E-state index in [1.807, 2.05) is 0 Å². The van der Waals surface area contributed by atoms with E-state index in [9.17, 15) is 18.3 Å². The maximum Gasteiger partial charge on any atom is 0.335 e. The number of aromatic carboxylic acids is 1. The Morgan fingerprint density at radius 2 is 2.00 bits per heavy atom. The van der Waals surface area contributed by atoms with Gasteiger partial charge in [0.1, 0.15) is 0 Å². The molecule has 1 saturated heterocycles. The molecule has 104 valence electrons. The molecule has 1 fully saturated rings. The number of carboxylic acids is 1. The maximum absolute atomic E-state index is 12.2. The first kappa shape index (κ1) is 14.4. The number of rotatable bonds is 3. The summed E-state index contributed by atoms with van der Waals surface area (Å²) in [5.41, 5.74) is -0.998. The van der Waals surface area contributed by atoms with Crippen molar-refractivity contribution in [3.8, 4) is 0 Å². The summed E-state index contributed by atoms with van der Waals surface area (Å²) in [6.45, 7) is 1.62. The van der Waals surface area contributed by atoms with E-state index in [4.69, 9.17) is 5.11 Å². The van der Waals surface area contributed by atoms with Gasteiger partial charge >= 0.3 is 5.97 Å². The molecule has 0 amide bonds. The predicted octanol–water partition coefficient (Wildman–Crippen LogP) is 0.903. The zero-order chi connectivity index (χ0) is 14.4. The van der Waals surface area contributed by atoms with Gasteiger partial charge in [-0.05, 0) is 41.1 Å². The number of benzene rings is 1. The van der Waals surface area contributed by atoms with Gasteiger partial charge in [-0.15, -0.1) is 0 Å². The van der Waals surface area contributed by atoms with Crippen molar-refractivity contribution in [2.75, 3.05) is 13.1 Å². The summed E-state index contributed by atoms with van der Waals surface area (Å²) in [6, 6.07) is 3.72. The van der Waals surface area contributed by atoms with Crippen LogP contribution in [-0.4, -0.2) is 47.6 Å². The second kappa shape index (κ2) is 4.55. The molecule has 2 N–H and O–H groups in total. The van der Waals surface area contributed by atoms with Gasteiger partial charge in [0.25, 0.3) is 0 Å². The number of hydrogen-bond acceptors (Lipinski definition) is 4. The van der Waals surface area contributed by atoms with Crippen LogP contribution in [0.5, 0.6) is 0 Å². The molecule has 0 radical (unpaired) electrons. The second-order valence-electron chi connectivity index (χ2n) is 4.72. The summed E-state index contributed by atoms with van der Waals surface area (Å²) in [5.74, 6) is -1.13. The third-order valence-electron chi connectivity index (χ3n) is 2.83. The predicted molar refractivity (Wildman–Crippen MR) is 70.5 cm³/mol. The lowest BCUT2D eigenvalue weighted by Gasteiger charge is -2.42. The molecule has 1 aliphatic rings. The van der Waals surface area contributed by atoms with E-state index in [1.54, 1.807) is 6.92 Å². The van der Waals surface area contributed by atoms with Crippen LogP contribution in [0.15, 0.2) is 27.6 Å². The molecule has 0 atom stereocenters. The van der Waals surface area contributed by atoms with Crippen molar-refractivity contribution in [1.29, 1.82) is 0 Å². The summed E-state index contributed by atoms with van der Waals surface area (Å²) in [4.78, 5) is 10.8. The van der Waals surface area contributed by atoms with Gasteiger partial charge in [-0.2, -0.15) is 4.31 Å². The fraction of sp³-hybridized carbons (Fsp3) is 0.364. The van der Waals surface area contributed by atoms with E-state index in [0.717, 1.165) is 4.31 Å². The Morgan fingerprint density at radius 3 is 2.42 bits per heavy atom. The van der Waals surface area contributed by atoms with Gasteiger partial charge in [0.15, 0.2) is 0 Å². The number of β-amino-alcohol motifs (C(OH)–C–C–N with tert-alkyl or cyclic N) is 1.